The molecular formula is C18H31N5O2. The van der Waals surface area contributed by atoms with Crippen LogP contribution in [0.3, 0.4) is 0 Å². The van der Waals surface area contributed by atoms with Crippen LogP contribution in [0, 0.1) is 5.41 Å². The molecule has 2 fully saturated rings. The number of guanidine groups is 1. The topological polar surface area (TPSA) is 66.1 Å². The molecule has 1 saturated heterocycles. The maximum Gasteiger partial charge on any atom is 0.193 e. The number of hydrogen-bond acceptors (Lipinski definition) is 5. The molecule has 3 rings (SSSR count). The summed E-state index contributed by atoms with van der Waals surface area (Å²) in [6.45, 7) is 6.72. The highest BCUT2D eigenvalue weighted by atomic mass is 16.5. The third-order valence-electron chi connectivity index (χ3n) is 5.63. The minimum absolute atomic E-state index is 0.403. The number of aliphatic imine (C=N–C) groups is 1. The van der Waals surface area contributed by atoms with Crippen LogP contribution in [0.1, 0.15) is 31.4 Å². The van der Waals surface area contributed by atoms with Crippen LogP contribution in [0.2, 0.25) is 0 Å². The van der Waals surface area contributed by atoms with Crippen molar-refractivity contribution in [2.24, 2.45) is 10.4 Å². The highest BCUT2D eigenvalue weighted by Gasteiger charge is 2.36. The van der Waals surface area contributed by atoms with Gasteiger partial charge in [-0.1, -0.05) is 11.6 Å². The van der Waals surface area contributed by atoms with Crippen molar-refractivity contribution in [2.45, 2.75) is 32.2 Å². The van der Waals surface area contributed by atoms with E-state index >= 15 is 0 Å². The Morgan fingerprint density at radius 2 is 2.16 bits per heavy atom. The van der Waals surface area contributed by atoms with Crippen LogP contribution in [0.4, 0.5) is 0 Å². The lowest BCUT2D eigenvalue weighted by Crippen LogP contribution is -2.54. The minimum Gasteiger partial charge on any atom is -0.385 e. The van der Waals surface area contributed by atoms with Crippen molar-refractivity contribution >= 4 is 5.96 Å². The largest absolute Gasteiger partial charge is 0.385 e. The lowest BCUT2D eigenvalue weighted by molar-refractivity contribution is 0.0721. The van der Waals surface area contributed by atoms with E-state index in [9.17, 15) is 0 Å². The zero-order chi connectivity index (χ0) is 17.5. The number of ether oxygens (including phenoxy) is 1. The molecule has 25 heavy (non-hydrogen) atoms. The molecule has 1 aromatic heterocycles. The molecule has 1 aromatic rings. The van der Waals surface area contributed by atoms with Crippen LogP contribution in [0.15, 0.2) is 21.8 Å². The number of nitrogens with zero attached hydrogens (tertiary/aromatic N) is 4. The van der Waals surface area contributed by atoms with Gasteiger partial charge in [0.1, 0.15) is 6.26 Å². The molecule has 1 aliphatic heterocycles. The SMILES string of the molecule is CN=C(NCC1(CCOC)CCC1)N1CCN(Cc2ccon2)CC1. The van der Waals surface area contributed by atoms with Crippen molar-refractivity contribution in [3.8, 4) is 0 Å². The molecule has 2 heterocycles. The Bertz CT molecular complexity index is 534. The van der Waals surface area contributed by atoms with Gasteiger partial charge in [0, 0.05) is 66.1 Å². The van der Waals surface area contributed by atoms with E-state index < -0.39 is 0 Å². The summed E-state index contributed by atoms with van der Waals surface area (Å²) in [5, 5.41) is 7.63. The van der Waals surface area contributed by atoms with E-state index in [0.717, 1.165) is 63.9 Å². The Hall–Kier alpha value is -1.60. The van der Waals surface area contributed by atoms with Crippen LogP contribution < -0.4 is 5.32 Å². The van der Waals surface area contributed by atoms with Crippen LogP contribution in [-0.4, -0.2) is 74.4 Å². The van der Waals surface area contributed by atoms with Gasteiger partial charge >= 0.3 is 0 Å². The molecule has 7 nitrogen and oxygen atoms in total. The standard InChI is InChI=1S/C18H31N5O2/c1-19-17(20-15-18(5-3-6-18)7-13-24-2)23-10-8-22(9-11-23)14-16-4-12-25-21-16/h4,12H,3,5-11,13-15H2,1-2H3,(H,19,20). The summed E-state index contributed by atoms with van der Waals surface area (Å²) < 4.78 is 10.2. The summed E-state index contributed by atoms with van der Waals surface area (Å²) in [5.74, 6) is 1.03. The fourth-order valence-corrected chi connectivity index (χ4v) is 3.78. The van der Waals surface area contributed by atoms with Gasteiger partial charge in [0.2, 0.25) is 0 Å². The normalized spacial score (nSPS) is 21.2. The first-order chi connectivity index (χ1) is 12.2. The summed E-state index contributed by atoms with van der Waals surface area (Å²) in [7, 11) is 3.67. The zero-order valence-corrected chi connectivity index (χ0v) is 15.5. The van der Waals surface area contributed by atoms with Crippen molar-refractivity contribution in [1.29, 1.82) is 0 Å². The Morgan fingerprint density at radius 1 is 1.36 bits per heavy atom. The van der Waals surface area contributed by atoms with Gasteiger partial charge in [0.15, 0.2) is 5.96 Å². The van der Waals surface area contributed by atoms with E-state index in [1.165, 1.54) is 19.3 Å². The number of nitrogens with one attached hydrogen (secondary N) is 1. The van der Waals surface area contributed by atoms with Crippen LogP contribution in [-0.2, 0) is 11.3 Å². The second-order valence-corrected chi connectivity index (χ2v) is 7.25. The van der Waals surface area contributed by atoms with E-state index in [-0.39, 0.29) is 0 Å². The van der Waals surface area contributed by atoms with Crippen molar-refractivity contribution in [3.63, 3.8) is 0 Å². The average molecular weight is 349 g/mol. The van der Waals surface area contributed by atoms with Crippen LogP contribution in [0.25, 0.3) is 0 Å². The molecule has 0 radical (unpaired) electrons. The highest BCUT2D eigenvalue weighted by Crippen LogP contribution is 2.43. The molecule has 0 unspecified atom stereocenters. The number of methoxy groups -OCH3 is 1. The summed E-state index contributed by atoms with van der Waals surface area (Å²) >= 11 is 0. The number of aromatic nitrogens is 1. The first-order valence-corrected chi connectivity index (χ1v) is 9.31. The Labute approximate surface area is 150 Å². The summed E-state index contributed by atoms with van der Waals surface area (Å²) in [6, 6.07) is 1.94. The molecule has 7 heteroatoms. The van der Waals surface area contributed by atoms with Gasteiger partial charge in [-0.25, -0.2) is 0 Å². The molecule has 0 bridgehead atoms. The van der Waals surface area contributed by atoms with E-state index in [1.54, 1.807) is 13.4 Å². The van der Waals surface area contributed by atoms with Gasteiger partial charge < -0.3 is 19.5 Å². The maximum atomic E-state index is 5.29. The minimum atomic E-state index is 0.403. The number of piperazine rings is 1. The maximum absolute atomic E-state index is 5.29. The second-order valence-electron chi connectivity index (χ2n) is 7.25. The van der Waals surface area contributed by atoms with Gasteiger partial charge in [-0.3, -0.25) is 9.89 Å². The van der Waals surface area contributed by atoms with Crippen molar-refractivity contribution in [2.75, 3.05) is 53.5 Å². The first kappa shape index (κ1) is 18.2. The van der Waals surface area contributed by atoms with Gasteiger partial charge in [-0.15, -0.1) is 0 Å². The molecule has 2 aliphatic rings. The van der Waals surface area contributed by atoms with Gasteiger partial charge in [0.05, 0.1) is 5.69 Å². The van der Waals surface area contributed by atoms with E-state index in [1.807, 2.05) is 13.1 Å². The third-order valence-corrected chi connectivity index (χ3v) is 5.63. The molecule has 1 N–H and O–H groups in total. The number of hydrogen-bond donors (Lipinski definition) is 1. The van der Waals surface area contributed by atoms with Crippen molar-refractivity contribution in [3.05, 3.63) is 18.0 Å². The van der Waals surface area contributed by atoms with E-state index in [4.69, 9.17) is 9.26 Å². The van der Waals surface area contributed by atoms with Crippen molar-refractivity contribution in [1.82, 2.24) is 20.3 Å². The Balaban J connectivity index is 1.44. The predicted octanol–water partition coefficient (Wildman–Crippen LogP) is 1.57. The molecule has 0 amide bonds. The molecule has 0 aromatic carbocycles. The smallest absolute Gasteiger partial charge is 0.193 e. The Morgan fingerprint density at radius 3 is 2.72 bits per heavy atom. The van der Waals surface area contributed by atoms with E-state index in [2.05, 4.69) is 25.3 Å². The molecular weight excluding hydrogens is 318 g/mol. The highest BCUT2D eigenvalue weighted by molar-refractivity contribution is 5.80. The second kappa shape index (κ2) is 8.67. The van der Waals surface area contributed by atoms with Gasteiger partial charge in [0.25, 0.3) is 0 Å². The van der Waals surface area contributed by atoms with Crippen LogP contribution >= 0.6 is 0 Å². The van der Waals surface area contributed by atoms with E-state index in [0.29, 0.717) is 5.41 Å². The fourth-order valence-electron chi connectivity index (χ4n) is 3.78. The summed E-state index contributed by atoms with van der Waals surface area (Å²) in [6.07, 6.45) is 6.71. The lowest BCUT2D eigenvalue weighted by atomic mass is 9.67. The quantitative estimate of drug-likeness (QED) is 0.595. The van der Waals surface area contributed by atoms with Gasteiger partial charge in [-0.05, 0) is 24.7 Å². The molecule has 1 saturated carbocycles. The Kier molecular flexibility index (Phi) is 6.31. The monoisotopic (exact) mass is 349 g/mol. The number of rotatable bonds is 7. The molecule has 0 spiro atoms. The first-order valence-electron chi connectivity index (χ1n) is 9.31. The lowest BCUT2D eigenvalue weighted by Gasteiger charge is -2.43. The zero-order valence-electron chi connectivity index (χ0n) is 15.5. The third kappa shape index (κ3) is 4.73. The molecule has 0 atom stereocenters. The van der Waals surface area contributed by atoms with Gasteiger partial charge in [-0.2, -0.15) is 0 Å². The predicted molar refractivity (Wildman–Crippen MR) is 97.5 cm³/mol. The van der Waals surface area contributed by atoms with Crippen molar-refractivity contribution < 1.29 is 9.26 Å². The average Bonchev–Trinajstić information content (AvgIpc) is 3.11. The fraction of sp³-hybridized carbons (Fsp3) is 0.778. The van der Waals surface area contributed by atoms with Crippen LogP contribution in [0.5, 0.6) is 0 Å². The summed E-state index contributed by atoms with van der Waals surface area (Å²) in [4.78, 5) is 9.28. The molecule has 140 valence electrons. The molecule has 1 aliphatic carbocycles. The summed E-state index contributed by atoms with van der Waals surface area (Å²) in [5.41, 5.74) is 1.40.